The third kappa shape index (κ3) is 3.57. The van der Waals surface area contributed by atoms with Crippen LogP contribution in [-0.2, 0) is 11.4 Å². The molecule has 6 heteroatoms. The Balaban J connectivity index is 1.80. The van der Waals surface area contributed by atoms with Gasteiger partial charge in [-0.05, 0) is 30.3 Å². The molecule has 0 aliphatic carbocycles. The number of halogens is 2. The van der Waals surface area contributed by atoms with Crippen LogP contribution in [0.4, 0.5) is 4.39 Å². The van der Waals surface area contributed by atoms with Gasteiger partial charge in [-0.25, -0.2) is 4.39 Å². The molecule has 0 radical (unpaired) electrons. The first-order valence-corrected chi connectivity index (χ1v) is 7.26. The highest BCUT2D eigenvalue weighted by Crippen LogP contribution is 2.19. The Morgan fingerprint density at radius 1 is 1.22 bits per heavy atom. The maximum absolute atomic E-state index is 13.6. The molecule has 0 spiro atoms. The second-order valence-corrected chi connectivity index (χ2v) is 5.34. The van der Waals surface area contributed by atoms with E-state index in [-0.39, 0.29) is 18.3 Å². The molecule has 0 aliphatic heterocycles. The maximum Gasteiger partial charge on any atom is 0.170 e. The fraction of sp³-hybridized carbons (Fsp3) is 0.0588. The van der Waals surface area contributed by atoms with Gasteiger partial charge < -0.3 is 10.6 Å². The van der Waals surface area contributed by atoms with E-state index < -0.39 is 0 Å². The van der Waals surface area contributed by atoms with Crippen molar-refractivity contribution in [2.75, 3.05) is 0 Å². The summed E-state index contributed by atoms with van der Waals surface area (Å²) >= 11 is 5.90. The van der Waals surface area contributed by atoms with Gasteiger partial charge in [0.15, 0.2) is 5.84 Å². The smallest absolute Gasteiger partial charge is 0.170 e. The fourth-order valence-electron chi connectivity index (χ4n) is 2.21. The number of fused-ring (bicyclic) bond motifs is 1. The van der Waals surface area contributed by atoms with E-state index in [0.717, 1.165) is 0 Å². The summed E-state index contributed by atoms with van der Waals surface area (Å²) in [4.78, 5) is 9.50. The maximum atomic E-state index is 13.6. The van der Waals surface area contributed by atoms with Gasteiger partial charge in [0, 0.05) is 27.7 Å². The highest BCUT2D eigenvalue weighted by atomic mass is 35.5. The number of benzene rings is 2. The van der Waals surface area contributed by atoms with Gasteiger partial charge in [-0.1, -0.05) is 35.0 Å². The average Bonchev–Trinajstić information content (AvgIpc) is 2.54. The summed E-state index contributed by atoms with van der Waals surface area (Å²) in [5, 5.41) is 5.12. The minimum absolute atomic E-state index is 0.0620. The van der Waals surface area contributed by atoms with E-state index in [1.807, 2.05) is 0 Å². The van der Waals surface area contributed by atoms with Gasteiger partial charge >= 0.3 is 0 Å². The molecule has 4 nitrogen and oxygen atoms in total. The predicted octanol–water partition coefficient (Wildman–Crippen LogP) is 3.86. The zero-order valence-electron chi connectivity index (χ0n) is 12.0. The van der Waals surface area contributed by atoms with Crippen LogP contribution < -0.4 is 5.73 Å². The lowest BCUT2D eigenvalue weighted by molar-refractivity contribution is 0.131. The molecule has 2 N–H and O–H groups in total. The van der Waals surface area contributed by atoms with Crippen molar-refractivity contribution in [3.8, 4) is 0 Å². The summed E-state index contributed by atoms with van der Waals surface area (Å²) in [5.74, 6) is -0.155. The molecular formula is C17H13ClFN3O. The van der Waals surface area contributed by atoms with E-state index in [2.05, 4.69) is 10.1 Å². The van der Waals surface area contributed by atoms with Crippen LogP contribution in [0.1, 0.15) is 11.1 Å². The average molecular weight is 330 g/mol. The monoisotopic (exact) mass is 329 g/mol. The molecule has 0 fully saturated rings. The van der Waals surface area contributed by atoms with E-state index in [4.69, 9.17) is 22.2 Å². The van der Waals surface area contributed by atoms with Gasteiger partial charge in [-0.2, -0.15) is 0 Å². The number of aromatic nitrogens is 1. The van der Waals surface area contributed by atoms with Crippen molar-refractivity contribution in [2.24, 2.45) is 10.9 Å². The highest BCUT2D eigenvalue weighted by molar-refractivity contribution is 6.31. The standard InChI is InChI=1S/C17H13ClFN3O/c18-14-5-1-3-12(7-14)17(20)22-23-10-13-9-15(19)8-11-4-2-6-21-16(11)13/h1-9H,10H2,(H2,20,22). The van der Waals surface area contributed by atoms with Crippen LogP contribution in [0.2, 0.25) is 5.02 Å². The summed E-state index contributed by atoms with van der Waals surface area (Å²) in [6.45, 7) is 0.0620. The van der Waals surface area contributed by atoms with E-state index in [0.29, 0.717) is 27.1 Å². The summed E-state index contributed by atoms with van der Waals surface area (Å²) in [6.07, 6.45) is 1.65. The van der Waals surface area contributed by atoms with Crippen molar-refractivity contribution in [3.05, 3.63) is 76.7 Å². The van der Waals surface area contributed by atoms with E-state index in [1.54, 1.807) is 42.6 Å². The Morgan fingerprint density at radius 2 is 2.09 bits per heavy atom. The fourth-order valence-corrected chi connectivity index (χ4v) is 2.40. The van der Waals surface area contributed by atoms with E-state index in [1.165, 1.54) is 12.1 Å². The molecule has 116 valence electrons. The van der Waals surface area contributed by atoms with Crippen LogP contribution in [0.15, 0.2) is 59.9 Å². The Hall–Kier alpha value is -2.66. The lowest BCUT2D eigenvalue weighted by atomic mass is 10.1. The number of rotatable bonds is 4. The number of pyridine rings is 1. The molecule has 1 heterocycles. The Kier molecular flexibility index (Phi) is 4.39. The number of nitrogens with two attached hydrogens (primary N) is 1. The molecule has 0 amide bonds. The van der Waals surface area contributed by atoms with Crippen LogP contribution in [0.3, 0.4) is 0 Å². The molecule has 0 saturated heterocycles. The van der Waals surface area contributed by atoms with Crippen LogP contribution in [0.5, 0.6) is 0 Å². The van der Waals surface area contributed by atoms with Crippen LogP contribution >= 0.6 is 11.6 Å². The Labute approximate surface area is 137 Å². The predicted molar refractivity (Wildman–Crippen MR) is 88.7 cm³/mol. The molecule has 0 saturated carbocycles. The zero-order chi connectivity index (χ0) is 16.2. The molecular weight excluding hydrogens is 317 g/mol. The first kappa shape index (κ1) is 15.2. The van der Waals surface area contributed by atoms with Crippen LogP contribution in [-0.4, -0.2) is 10.8 Å². The number of hydrogen-bond donors (Lipinski definition) is 1. The summed E-state index contributed by atoms with van der Waals surface area (Å²) in [6, 6.07) is 13.3. The number of amidine groups is 1. The number of oxime groups is 1. The topological polar surface area (TPSA) is 60.5 Å². The molecule has 0 bridgehead atoms. The highest BCUT2D eigenvalue weighted by Gasteiger charge is 2.06. The van der Waals surface area contributed by atoms with E-state index >= 15 is 0 Å². The Bertz CT molecular complexity index is 883. The third-order valence-corrected chi connectivity index (χ3v) is 3.49. The quantitative estimate of drug-likeness (QED) is 0.449. The van der Waals surface area contributed by atoms with Gasteiger partial charge in [0.25, 0.3) is 0 Å². The molecule has 0 unspecified atom stereocenters. The molecule has 0 atom stereocenters. The van der Waals surface area contributed by atoms with Crippen LogP contribution in [0, 0.1) is 5.82 Å². The first-order valence-electron chi connectivity index (χ1n) is 6.88. The summed E-state index contributed by atoms with van der Waals surface area (Å²) in [5.41, 5.74) is 7.77. The first-order chi connectivity index (χ1) is 11.1. The summed E-state index contributed by atoms with van der Waals surface area (Å²) in [7, 11) is 0. The Morgan fingerprint density at radius 3 is 2.91 bits per heavy atom. The SMILES string of the molecule is NC(=NOCc1cc(F)cc2cccnc12)c1cccc(Cl)c1. The lowest BCUT2D eigenvalue weighted by Gasteiger charge is -2.06. The number of hydrogen-bond acceptors (Lipinski definition) is 3. The largest absolute Gasteiger partial charge is 0.389 e. The molecule has 0 aliphatic rings. The second kappa shape index (κ2) is 6.62. The van der Waals surface area contributed by atoms with Gasteiger partial charge in [0.05, 0.1) is 5.52 Å². The lowest BCUT2D eigenvalue weighted by Crippen LogP contribution is -2.13. The second-order valence-electron chi connectivity index (χ2n) is 4.90. The molecule has 2 aromatic carbocycles. The minimum Gasteiger partial charge on any atom is -0.389 e. The minimum atomic E-state index is -0.351. The van der Waals surface area contributed by atoms with Crippen molar-refractivity contribution in [1.82, 2.24) is 4.98 Å². The molecule has 3 rings (SSSR count). The van der Waals surface area contributed by atoms with Gasteiger partial charge in [-0.3, -0.25) is 4.98 Å². The zero-order valence-corrected chi connectivity index (χ0v) is 12.8. The van der Waals surface area contributed by atoms with Crippen molar-refractivity contribution < 1.29 is 9.23 Å². The van der Waals surface area contributed by atoms with Gasteiger partial charge in [0.2, 0.25) is 0 Å². The van der Waals surface area contributed by atoms with Gasteiger partial charge in [0.1, 0.15) is 12.4 Å². The van der Waals surface area contributed by atoms with Gasteiger partial charge in [-0.15, -0.1) is 0 Å². The van der Waals surface area contributed by atoms with Crippen molar-refractivity contribution >= 4 is 28.3 Å². The molecule has 23 heavy (non-hydrogen) atoms. The van der Waals surface area contributed by atoms with Crippen molar-refractivity contribution in [1.29, 1.82) is 0 Å². The van der Waals surface area contributed by atoms with Crippen LogP contribution in [0.25, 0.3) is 10.9 Å². The number of nitrogens with zero attached hydrogens (tertiary/aromatic N) is 2. The van der Waals surface area contributed by atoms with Crippen molar-refractivity contribution in [2.45, 2.75) is 6.61 Å². The third-order valence-electron chi connectivity index (χ3n) is 3.25. The molecule has 3 aromatic rings. The molecule has 1 aromatic heterocycles. The van der Waals surface area contributed by atoms with Crippen molar-refractivity contribution in [3.63, 3.8) is 0 Å². The van der Waals surface area contributed by atoms with E-state index in [9.17, 15) is 4.39 Å². The normalized spacial score (nSPS) is 11.7. The summed E-state index contributed by atoms with van der Waals surface area (Å²) < 4.78 is 13.6.